The summed E-state index contributed by atoms with van der Waals surface area (Å²) in [6.45, 7) is 4.20. The molecule has 0 spiro atoms. The maximum absolute atomic E-state index is 13.4. The van der Waals surface area contributed by atoms with Crippen LogP contribution in [0.25, 0.3) is 0 Å². The van der Waals surface area contributed by atoms with Crippen molar-refractivity contribution in [3.05, 3.63) is 77.0 Å². The Bertz CT molecular complexity index is 1300. The molecule has 1 aliphatic heterocycles. The first-order valence-electron chi connectivity index (χ1n) is 11.2. The molecule has 0 saturated heterocycles. The Kier molecular flexibility index (Phi) is 5.77. The monoisotopic (exact) mass is 474 g/mol. The number of carbonyl (C=O) groups excluding carboxylic acids is 2. The van der Waals surface area contributed by atoms with Crippen LogP contribution in [-0.4, -0.2) is 39.2 Å². The maximum Gasteiger partial charge on any atom is 0.227 e. The van der Waals surface area contributed by atoms with Gasteiger partial charge in [-0.3, -0.25) is 9.59 Å². The van der Waals surface area contributed by atoms with Gasteiger partial charge >= 0.3 is 0 Å². The minimum atomic E-state index is -0.447. The van der Waals surface area contributed by atoms with E-state index in [2.05, 4.69) is 24.1 Å². The van der Waals surface area contributed by atoms with Gasteiger partial charge in [-0.15, -0.1) is 5.10 Å². The molecule has 0 radical (unpaired) electrons. The number of methoxy groups -OCH3 is 1. The van der Waals surface area contributed by atoms with Crippen LogP contribution in [0, 0.1) is 5.41 Å². The fourth-order valence-electron chi connectivity index (χ4n) is 4.67. The van der Waals surface area contributed by atoms with Crippen molar-refractivity contribution >= 4 is 29.3 Å². The van der Waals surface area contributed by atoms with Gasteiger partial charge in [0.1, 0.15) is 11.8 Å². The predicted molar refractivity (Wildman–Crippen MR) is 131 cm³/mol. The van der Waals surface area contributed by atoms with Crippen molar-refractivity contribution in [3.8, 4) is 5.75 Å². The molecule has 2 heterocycles. The summed E-state index contributed by atoms with van der Waals surface area (Å²) < 4.78 is 7.39. The van der Waals surface area contributed by atoms with Crippen molar-refractivity contribution < 1.29 is 14.3 Å². The molecular weight excluding hydrogens is 448 g/mol. The number of Topliss-reactive ketones (excluding diaryl/α,β-unsaturated/α-hetero) is 2. The zero-order valence-corrected chi connectivity index (χ0v) is 20.2. The van der Waals surface area contributed by atoms with E-state index in [1.807, 2.05) is 42.5 Å². The number of aromatic nitrogens is 3. The van der Waals surface area contributed by atoms with Gasteiger partial charge in [0.15, 0.2) is 11.6 Å². The van der Waals surface area contributed by atoms with Gasteiger partial charge in [0.25, 0.3) is 0 Å². The second-order valence-corrected chi connectivity index (χ2v) is 10.3. The lowest BCUT2D eigenvalue weighted by Gasteiger charge is -2.38. The third-order valence-corrected chi connectivity index (χ3v) is 7.01. The summed E-state index contributed by atoms with van der Waals surface area (Å²) in [5, 5.41) is 8.58. The number of nitrogens with one attached hydrogen (secondary N) is 1. The highest BCUT2D eigenvalue weighted by atomic mass is 32.2. The second-order valence-electron chi connectivity index (χ2n) is 9.34. The van der Waals surface area contributed by atoms with Crippen LogP contribution in [-0.2, 0) is 4.79 Å². The predicted octanol–water partition coefficient (Wildman–Crippen LogP) is 4.92. The zero-order chi connectivity index (χ0) is 23.9. The van der Waals surface area contributed by atoms with Gasteiger partial charge in [0.05, 0.1) is 12.9 Å². The Labute approximate surface area is 202 Å². The Morgan fingerprint density at radius 1 is 1.15 bits per heavy atom. The Hall–Kier alpha value is -3.39. The number of rotatable bonds is 6. The van der Waals surface area contributed by atoms with Crippen LogP contribution in [0.1, 0.15) is 48.7 Å². The number of hydrogen-bond donors (Lipinski definition) is 1. The number of fused-ring (bicyclic) bond motifs is 1. The molecule has 2 aliphatic rings. The molecule has 1 N–H and O–H groups in total. The van der Waals surface area contributed by atoms with E-state index < -0.39 is 6.04 Å². The molecule has 1 aromatic heterocycles. The first-order valence-corrected chi connectivity index (χ1v) is 12.2. The number of para-hydroxylation sites is 1. The topological polar surface area (TPSA) is 86.1 Å². The molecular formula is C26H26N4O3S. The quantitative estimate of drug-likeness (QED) is 0.401. The van der Waals surface area contributed by atoms with Crippen LogP contribution in [0.2, 0.25) is 0 Å². The molecule has 1 atom stereocenters. The molecule has 7 nitrogen and oxygen atoms in total. The van der Waals surface area contributed by atoms with E-state index in [0.717, 1.165) is 17.7 Å². The summed E-state index contributed by atoms with van der Waals surface area (Å²) in [5.41, 5.74) is 2.96. The van der Waals surface area contributed by atoms with Gasteiger partial charge in [0.2, 0.25) is 11.1 Å². The lowest BCUT2D eigenvalue weighted by molar-refractivity contribution is -0.118. The fraction of sp³-hybridized carbons (Fsp3) is 0.308. The van der Waals surface area contributed by atoms with E-state index in [1.54, 1.807) is 23.9 Å². The first kappa shape index (κ1) is 22.4. The van der Waals surface area contributed by atoms with E-state index in [-0.39, 0.29) is 22.7 Å². The number of anilines is 1. The van der Waals surface area contributed by atoms with Crippen molar-refractivity contribution in [2.75, 3.05) is 18.2 Å². The third kappa shape index (κ3) is 4.14. The Morgan fingerprint density at radius 2 is 1.88 bits per heavy atom. The number of ether oxygens (including phenoxy) is 1. The summed E-state index contributed by atoms with van der Waals surface area (Å²) >= 11 is 1.29. The van der Waals surface area contributed by atoms with Crippen LogP contribution < -0.4 is 10.1 Å². The molecule has 0 amide bonds. The van der Waals surface area contributed by atoms with Crippen LogP contribution in [0.5, 0.6) is 5.75 Å². The fourth-order valence-corrected chi connectivity index (χ4v) is 5.39. The molecule has 0 bridgehead atoms. The summed E-state index contributed by atoms with van der Waals surface area (Å²) in [4.78, 5) is 30.6. The molecule has 174 valence electrons. The van der Waals surface area contributed by atoms with Gasteiger partial charge < -0.3 is 10.1 Å². The smallest absolute Gasteiger partial charge is 0.227 e. The first-order chi connectivity index (χ1) is 16.4. The summed E-state index contributed by atoms with van der Waals surface area (Å²) in [6.07, 6.45) is 1.21. The van der Waals surface area contributed by atoms with Crippen molar-refractivity contribution in [3.63, 3.8) is 0 Å². The largest absolute Gasteiger partial charge is 0.496 e. The normalized spacial score (nSPS) is 18.7. The number of thioether (sulfide) groups is 1. The van der Waals surface area contributed by atoms with Gasteiger partial charge in [-0.2, -0.15) is 4.98 Å². The Morgan fingerprint density at radius 3 is 2.65 bits per heavy atom. The van der Waals surface area contributed by atoms with Crippen LogP contribution in [0.15, 0.2) is 71.0 Å². The number of benzene rings is 2. The summed E-state index contributed by atoms with van der Waals surface area (Å²) in [7, 11) is 1.62. The molecule has 1 aliphatic carbocycles. The number of allylic oxidation sites excluding steroid dienone is 2. The molecule has 34 heavy (non-hydrogen) atoms. The molecule has 0 fully saturated rings. The van der Waals surface area contributed by atoms with Crippen molar-refractivity contribution in [2.45, 2.75) is 37.9 Å². The lowest BCUT2D eigenvalue weighted by atomic mass is 9.73. The molecule has 0 saturated carbocycles. The van der Waals surface area contributed by atoms with Crippen molar-refractivity contribution in [2.24, 2.45) is 5.41 Å². The van der Waals surface area contributed by atoms with Gasteiger partial charge in [-0.05, 0) is 17.9 Å². The van der Waals surface area contributed by atoms with Gasteiger partial charge in [-0.25, -0.2) is 4.68 Å². The van der Waals surface area contributed by atoms with Crippen LogP contribution in [0.4, 0.5) is 5.95 Å². The molecule has 2 aromatic carbocycles. The lowest BCUT2D eigenvalue weighted by Crippen LogP contribution is -2.36. The Balaban J connectivity index is 1.52. The SMILES string of the molecule is COc1ccccc1[C@@H]1C2=C(CC(C)(C)CC2=O)Nc2nc(SCC(=O)c3ccccc3)nn21. The highest BCUT2D eigenvalue weighted by Crippen LogP contribution is 2.47. The summed E-state index contributed by atoms with van der Waals surface area (Å²) in [5.74, 6) is 1.60. The second kappa shape index (κ2) is 8.76. The molecule has 8 heteroatoms. The number of nitrogens with zero attached hydrogens (tertiary/aromatic N) is 3. The summed E-state index contributed by atoms with van der Waals surface area (Å²) in [6, 6.07) is 16.4. The van der Waals surface area contributed by atoms with E-state index in [4.69, 9.17) is 9.84 Å². The number of hydrogen-bond acceptors (Lipinski definition) is 7. The average Bonchev–Trinajstić information content (AvgIpc) is 3.23. The molecule has 3 aromatic rings. The number of carbonyl (C=O) groups is 2. The highest BCUT2D eigenvalue weighted by Gasteiger charge is 2.42. The zero-order valence-electron chi connectivity index (χ0n) is 19.4. The van der Waals surface area contributed by atoms with E-state index in [9.17, 15) is 9.59 Å². The molecule has 5 rings (SSSR count). The van der Waals surface area contributed by atoms with E-state index in [1.165, 1.54) is 11.8 Å². The van der Waals surface area contributed by atoms with Gasteiger partial charge in [0, 0.05) is 28.8 Å². The minimum absolute atomic E-state index is 0.0157. The molecule has 0 unspecified atom stereocenters. The third-order valence-electron chi connectivity index (χ3n) is 6.17. The van der Waals surface area contributed by atoms with E-state index >= 15 is 0 Å². The maximum atomic E-state index is 13.4. The highest BCUT2D eigenvalue weighted by molar-refractivity contribution is 7.99. The number of ketones is 2. The van der Waals surface area contributed by atoms with Crippen molar-refractivity contribution in [1.82, 2.24) is 14.8 Å². The van der Waals surface area contributed by atoms with Crippen molar-refractivity contribution in [1.29, 1.82) is 0 Å². The van der Waals surface area contributed by atoms with Gasteiger partial charge in [-0.1, -0.05) is 74.1 Å². The van der Waals surface area contributed by atoms with Crippen LogP contribution in [0.3, 0.4) is 0 Å². The van der Waals surface area contributed by atoms with E-state index in [0.29, 0.717) is 34.4 Å². The van der Waals surface area contributed by atoms with Crippen LogP contribution >= 0.6 is 11.8 Å². The minimum Gasteiger partial charge on any atom is -0.496 e. The standard InChI is InChI=1S/C26H26N4O3S/c1-26(2)13-18-22(19(31)14-26)23(17-11-7-8-12-21(17)33-3)30-24(27-18)28-25(29-30)34-15-20(32)16-9-5-4-6-10-16/h4-12,23H,13-15H2,1-3H3,(H,27,28,29)/t23-/m1/s1. The average molecular weight is 475 g/mol.